The summed E-state index contributed by atoms with van der Waals surface area (Å²) in [7, 11) is 0. The van der Waals surface area contributed by atoms with E-state index in [0.29, 0.717) is 0 Å². The molecule has 3 heteroatoms. The number of hydrogen-bond donors (Lipinski definition) is 2. The van der Waals surface area contributed by atoms with Gasteiger partial charge in [0.05, 0.1) is 0 Å². The van der Waals surface area contributed by atoms with Crippen LogP contribution in [0, 0.1) is 0 Å². The molecule has 0 unspecified atom stereocenters. The van der Waals surface area contributed by atoms with Gasteiger partial charge in [-0.05, 0) is 25.9 Å². The Hall–Kier alpha value is -0.120. The SMILES string of the molecule is NCCCCN.O. The van der Waals surface area contributed by atoms with Gasteiger partial charge < -0.3 is 16.9 Å². The summed E-state index contributed by atoms with van der Waals surface area (Å²) in [6.07, 6.45) is 2.13. The Morgan fingerprint density at radius 3 is 1.29 bits per heavy atom. The van der Waals surface area contributed by atoms with E-state index in [1.54, 1.807) is 0 Å². The number of rotatable bonds is 3. The predicted octanol–water partition coefficient (Wildman–Crippen LogP) is -1.14. The summed E-state index contributed by atoms with van der Waals surface area (Å²) in [5.41, 5.74) is 10.3. The molecule has 0 atom stereocenters. The summed E-state index contributed by atoms with van der Waals surface area (Å²) in [5, 5.41) is 0. The zero-order valence-electron chi connectivity index (χ0n) is 4.48. The highest BCUT2D eigenvalue weighted by Crippen LogP contribution is 1.77. The van der Waals surface area contributed by atoms with E-state index in [2.05, 4.69) is 0 Å². The molecule has 0 aromatic carbocycles. The van der Waals surface area contributed by atoms with Crippen LogP contribution in [0.2, 0.25) is 0 Å². The summed E-state index contributed by atoms with van der Waals surface area (Å²) in [6.45, 7) is 1.55. The van der Waals surface area contributed by atoms with Crippen molar-refractivity contribution in [3.05, 3.63) is 0 Å². The quantitative estimate of drug-likeness (QED) is 0.446. The van der Waals surface area contributed by atoms with Crippen LogP contribution in [0.1, 0.15) is 12.8 Å². The van der Waals surface area contributed by atoms with Crippen LogP contribution in [-0.2, 0) is 0 Å². The Morgan fingerprint density at radius 2 is 1.14 bits per heavy atom. The lowest BCUT2D eigenvalue weighted by Crippen LogP contribution is -2.03. The molecule has 0 heterocycles. The van der Waals surface area contributed by atoms with Crippen LogP contribution in [-0.4, -0.2) is 18.6 Å². The molecule has 0 fully saturated rings. The van der Waals surface area contributed by atoms with Gasteiger partial charge in [-0.3, -0.25) is 0 Å². The van der Waals surface area contributed by atoms with Gasteiger partial charge >= 0.3 is 0 Å². The second-order valence-corrected chi connectivity index (χ2v) is 1.28. The molecule has 0 bridgehead atoms. The molecule has 0 saturated heterocycles. The number of nitrogens with two attached hydrogens (primary N) is 2. The van der Waals surface area contributed by atoms with Crippen molar-refractivity contribution in [1.82, 2.24) is 0 Å². The average Bonchev–Trinajstić information content (AvgIpc) is 1.61. The standard InChI is InChI=1S/C4H12N2.H2O/c5-3-1-2-4-6;/h1-6H2;1H2. The Morgan fingerprint density at radius 1 is 0.857 bits per heavy atom. The van der Waals surface area contributed by atoms with E-state index in [0.717, 1.165) is 25.9 Å². The first-order chi connectivity index (χ1) is 2.91. The molecule has 0 spiro atoms. The lowest BCUT2D eigenvalue weighted by atomic mass is 10.3. The van der Waals surface area contributed by atoms with Gasteiger partial charge in [0.2, 0.25) is 0 Å². The first-order valence-corrected chi connectivity index (χ1v) is 2.32. The largest absolute Gasteiger partial charge is 0.412 e. The zero-order chi connectivity index (χ0) is 4.83. The van der Waals surface area contributed by atoms with Gasteiger partial charge in [0.1, 0.15) is 0 Å². The lowest BCUT2D eigenvalue weighted by Gasteiger charge is -1.87. The Kier molecular flexibility index (Phi) is 13.3. The maximum atomic E-state index is 5.16. The molecular formula is C4H14N2O. The molecule has 7 heavy (non-hydrogen) atoms. The molecule has 3 nitrogen and oxygen atoms in total. The third-order valence-corrected chi connectivity index (χ3v) is 0.658. The van der Waals surface area contributed by atoms with Crippen molar-refractivity contribution >= 4 is 0 Å². The summed E-state index contributed by atoms with van der Waals surface area (Å²) in [5.74, 6) is 0. The van der Waals surface area contributed by atoms with Crippen molar-refractivity contribution in [3.8, 4) is 0 Å². The molecule has 0 aromatic heterocycles. The summed E-state index contributed by atoms with van der Waals surface area (Å²) >= 11 is 0. The van der Waals surface area contributed by atoms with Gasteiger partial charge in [0.25, 0.3) is 0 Å². The predicted molar refractivity (Wildman–Crippen MR) is 31.0 cm³/mol. The monoisotopic (exact) mass is 106 g/mol. The molecule has 46 valence electrons. The molecule has 0 aliphatic heterocycles. The molecule has 0 amide bonds. The van der Waals surface area contributed by atoms with E-state index >= 15 is 0 Å². The number of hydrogen-bond acceptors (Lipinski definition) is 2. The van der Waals surface area contributed by atoms with Crippen molar-refractivity contribution in [2.75, 3.05) is 13.1 Å². The third-order valence-electron chi connectivity index (χ3n) is 0.658. The van der Waals surface area contributed by atoms with Gasteiger partial charge in [-0.15, -0.1) is 0 Å². The Labute approximate surface area is 44.0 Å². The lowest BCUT2D eigenvalue weighted by molar-refractivity contribution is 0.755. The molecule has 0 rings (SSSR count). The van der Waals surface area contributed by atoms with E-state index in [1.165, 1.54) is 0 Å². The van der Waals surface area contributed by atoms with Crippen molar-refractivity contribution in [1.29, 1.82) is 0 Å². The fourth-order valence-electron chi connectivity index (χ4n) is 0.289. The fourth-order valence-corrected chi connectivity index (χ4v) is 0.289. The van der Waals surface area contributed by atoms with E-state index in [9.17, 15) is 0 Å². The first kappa shape index (κ1) is 9.99. The van der Waals surface area contributed by atoms with Gasteiger partial charge in [0, 0.05) is 0 Å². The normalized spacial score (nSPS) is 7.71. The number of unbranched alkanes of at least 4 members (excludes halogenated alkanes) is 1. The van der Waals surface area contributed by atoms with Crippen LogP contribution < -0.4 is 11.5 Å². The average molecular weight is 106 g/mol. The van der Waals surface area contributed by atoms with Gasteiger partial charge in [-0.25, -0.2) is 0 Å². The van der Waals surface area contributed by atoms with Gasteiger partial charge in [-0.1, -0.05) is 0 Å². The minimum atomic E-state index is 0. The highest BCUT2D eigenvalue weighted by molar-refractivity contribution is 4.38. The van der Waals surface area contributed by atoms with Crippen molar-refractivity contribution in [2.45, 2.75) is 12.8 Å². The molecule has 0 aliphatic carbocycles. The van der Waals surface area contributed by atoms with Crippen molar-refractivity contribution in [3.63, 3.8) is 0 Å². The molecule has 0 saturated carbocycles. The van der Waals surface area contributed by atoms with Gasteiger partial charge in [0.15, 0.2) is 0 Å². The zero-order valence-corrected chi connectivity index (χ0v) is 4.48. The Balaban J connectivity index is 0. The van der Waals surface area contributed by atoms with Crippen molar-refractivity contribution in [2.24, 2.45) is 11.5 Å². The third kappa shape index (κ3) is 10.7. The van der Waals surface area contributed by atoms with Crippen LogP contribution in [0.3, 0.4) is 0 Å². The van der Waals surface area contributed by atoms with Crippen LogP contribution in [0.5, 0.6) is 0 Å². The minimum Gasteiger partial charge on any atom is -0.412 e. The molecule has 0 aliphatic rings. The van der Waals surface area contributed by atoms with E-state index in [-0.39, 0.29) is 5.48 Å². The first-order valence-electron chi connectivity index (χ1n) is 2.32. The highest BCUT2D eigenvalue weighted by atomic mass is 16.0. The molecule has 0 radical (unpaired) electrons. The second kappa shape index (κ2) is 9.30. The minimum absolute atomic E-state index is 0. The van der Waals surface area contributed by atoms with Gasteiger partial charge in [-0.2, -0.15) is 0 Å². The van der Waals surface area contributed by atoms with Crippen LogP contribution >= 0.6 is 0 Å². The van der Waals surface area contributed by atoms with Crippen LogP contribution in [0.15, 0.2) is 0 Å². The van der Waals surface area contributed by atoms with Crippen LogP contribution in [0.25, 0.3) is 0 Å². The van der Waals surface area contributed by atoms with E-state index in [4.69, 9.17) is 11.5 Å². The maximum absolute atomic E-state index is 5.16. The molecule has 0 aromatic rings. The summed E-state index contributed by atoms with van der Waals surface area (Å²) < 4.78 is 0. The van der Waals surface area contributed by atoms with Crippen molar-refractivity contribution < 1.29 is 5.48 Å². The topological polar surface area (TPSA) is 83.5 Å². The fraction of sp³-hybridized carbons (Fsp3) is 1.00. The second-order valence-electron chi connectivity index (χ2n) is 1.28. The smallest absolute Gasteiger partial charge is 0.00768 e. The summed E-state index contributed by atoms with van der Waals surface area (Å²) in [4.78, 5) is 0. The maximum Gasteiger partial charge on any atom is -0.00768 e. The van der Waals surface area contributed by atoms with E-state index in [1.807, 2.05) is 0 Å². The Bertz CT molecular complexity index is 21.7. The molecule has 6 N–H and O–H groups in total. The van der Waals surface area contributed by atoms with E-state index < -0.39 is 0 Å². The van der Waals surface area contributed by atoms with Crippen LogP contribution in [0.4, 0.5) is 0 Å². The molecular weight excluding hydrogens is 92.1 g/mol. The summed E-state index contributed by atoms with van der Waals surface area (Å²) in [6, 6.07) is 0. The highest BCUT2D eigenvalue weighted by Gasteiger charge is 1.75.